The second kappa shape index (κ2) is 6.44. The average molecular weight is 322 g/mol. The molecule has 0 amide bonds. The Morgan fingerprint density at radius 2 is 2.26 bits per heavy atom. The van der Waals surface area contributed by atoms with Crippen molar-refractivity contribution in [3.63, 3.8) is 0 Å². The average Bonchev–Trinajstić information content (AvgIpc) is 2.35. The molecule has 6 heteroatoms. The zero-order valence-electron chi connectivity index (χ0n) is 10.9. The fourth-order valence-corrected chi connectivity index (χ4v) is 2.96. The zero-order valence-corrected chi connectivity index (χ0v) is 13.2. The molecule has 0 saturated heterocycles. The summed E-state index contributed by atoms with van der Waals surface area (Å²) in [6.07, 6.45) is 2.57. The summed E-state index contributed by atoms with van der Waals surface area (Å²) in [5, 5.41) is 4.68. The van der Waals surface area contributed by atoms with Gasteiger partial charge in [-0.15, -0.1) is 0 Å². The van der Waals surface area contributed by atoms with Gasteiger partial charge in [-0.1, -0.05) is 23.2 Å². The zero-order chi connectivity index (χ0) is 14.0. The molecule has 0 aromatic heterocycles. The monoisotopic (exact) mass is 321 g/mol. The van der Waals surface area contributed by atoms with E-state index in [0.29, 0.717) is 28.9 Å². The first-order chi connectivity index (χ1) is 8.99. The van der Waals surface area contributed by atoms with Crippen LogP contribution in [-0.4, -0.2) is 28.9 Å². The molecule has 0 aliphatic carbocycles. The van der Waals surface area contributed by atoms with E-state index in [4.69, 9.17) is 27.9 Å². The van der Waals surface area contributed by atoms with Gasteiger partial charge in [0.1, 0.15) is 5.75 Å². The molecule has 0 spiro atoms. The highest BCUT2D eigenvalue weighted by atomic mass is 35.5. The number of fused-ring (bicyclic) bond motifs is 1. The molecule has 0 saturated carbocycles. The van der Waals surface area contributed by atoms with E-state index >= 15 is 0 Å². The Kier molecular flexibility index (Phi) is 5.12. The number of rotatable bonds is 4. The quantitative estimate of drug-likeness (QED) is 0.925. The summed E-state index contributed by atoms with van der Waals surface area (Å²) in [4.78, 5) is 0. The summed E-state index contributed by atoms with van der Waals surface area (Å²) in [6.45, 7) is 3.28. The molecule has 1 aliphatic heterocycles. The molecule has 3 atom stereocenters. The van der Waals surface area contributed by atoms with Gasteiger partial charge in [-0.05, 0) is 19.1 Å². The van der Waals surface area contributed by atoms with E-state index < -0.39 is 10.8 Å². The van der Waals surface area contributed by atoms with E-state index in [1.165, 1.54) is 0 Å². The van der Waals surface area contributed by atoms with Gasteiger partial charge in [0, 0.05) is 51.9 Å². The Labute approximate surface area is 126 Å². The number of hydrogen-bond donors (Lipinski definition) is 1. The van der Waals surface area contributed by atoms with Gasteiger partial charge in [0.05, 0.1) is 11.6 Å². The van der Waals surface area contributed by atoms with E-state index in [1.807, 2.05) is 13.0 Å². The molecule has 2 rings (SSSR count). The van der Waals surface area contributed by atoms with Crippen LogP contribution in [0.15, 0.2) is 12.1 Å². The van der Waals surface area contributed by atoms with Crippen LogP contribution in [0.25, 0.3) is 0 Å². The van der Waals surface area contributed by atoms with Crippen molar-refractivity contribution in [1.29, 1.82) is 0 Å². The summed E-state index contributed by atoms with van der Waals surface area (Å²) < 4.78 is 17.0. The number of nitrogens with one attached hydrogen (secondary N) is 1. The molecule has 1 aromatic rings. The normalized spacial score (nSPS) is 21.4. The standard InChI is InChI=1S/C13H17Cl2NO2S/c1-8(19(2)17)7-16-12-3-4-18-13-10(12)5-9(14)6-11(13)15/h5-6,8,12,16H,3-4,7H2,1-2H3. The third-order valence-electron chi connectivity index (χ3n) is 3.28. The first kappa shape index (κ1) is 15.1. The van der Waals surface area contributed by atoms with Crippen molar-refractivity contribution in [2.75, 3.05) is 19.4 Å². The first-order valence-electron chi connectivity index (χ1n) is 6.16. The van der Waals surface area contributed by atoms with Crippen LogP contribution in [0.1, 0.15) is 24.9 Å². The predicted octanol–water partition coefficient (Wildman–Crippen LogP) is 3.17. The molecule has 106 valence electrons. The van der Waals surface area contributed by atoms with Gasteiger partial charge in [-0.3, -0.25) is 4.21 Å². The molecular weight excluding hydrogens is 305 g/mol. The number of hydrogen-bond acceptors (Lipinski definition) is 3. The minimum absolute atomic E-state index is 0.112. The molecule has 1 heterocycles. The third kappa shape index (κ3) is 3.63. The Bertz CT molecular complexity index is 496. The molecule has 1 N–H and O–H groups in total. The molecule has 3 unspecified atom stereocenters. The van der Waals surface area contributed by atoms with Crippen molar-refractivity contribution in [2.45, 2.75) is 24.6 Å². The van der Waals surface area contributed by atoms with E-state index in [1.54, 1.807) is 12.3 Å². The smallest absolute Gasteiger partial charge is 0.142 e. The predicted molar refractivity (Wildman–Crippen MR) is 80.8 cm³/mol. The summed E-state index contributed by atoms with van der Waals surface area (Å²) in [7, 11) is -0.827. The van der Waals surface area contributed by atoms with Crippen LogP contribution < -0.4 is 10.1 Å². The van der Waals surface area contributed by atoms with Gasteiger partial charge in [-0.2, -0.15) is 0 Å². The van der Waals surface area contributed by atoms with E-state index in [0.717, 1.165) is 12.0 Å². The van der Waals surface area contributed by atoms with Gasteiger partial charge in [0.15, 0.2) is 0 Å². The molecule has 1 aromatic carbocycles. The summed E-state index contributed by atoms with van der Waals surface area (Å²) >= 11 is 12.2. The van der Waals surface area contributed by atoms with Crippen LogP contribution >= 0.6 is 23.2 Å². The van der Waals surface area contributed by atoms with Crippen LogP contribution in [0.2, 0.25) is 10.0 Å². The summed E-state index contributed by atoms with van der Waals surface area (Å²) in [5.74, 6) is 0.708. The summed E-state index contributed by atoms with van der Waals surface area (Å²) in [6, 6.07) is 3.72. The number of benzene rings is 1. The van der Waals surface area contributed by atoms with Crippen LogP contribution in [-0.2, 0) is 10.8 Å². The number of halogens is 2. The van der Waals surface area contributed by atoms with Gasteiger partial charge in [0.25, 0.3) is 0 Å². The molecule has 0 bridgehead atoms. The van der Waals surface area contributed by atoms with Crippen molar-refractivity contribution < 1.29 is 8.95 Å². The SMILES string of the molecule is CC(CNC1CCOc2c(Cl)cc(Cl)cc21)S(C)=O. The molecule has 0 radical (unpaired) electrons. The fraction of sp³-hybridized carbons (Fsp3) is 0.538. The van der Waals surface area contributed by atoms with Crippen LogP contribution in [0.5, 0.6) is 5.75 Å². The molecule has 3 nitrogen and oxygen atoms in total. The third-order valence-corrected chi connectivity index (χ3v) is 5.08. The Morgan fingerprint density at radius 1 is 1.53 bits per heavy atom. The minimum atomic E-state index is -0.827. The molecule has 1 aliphatic rings. The highest BCUT2D eigenvalue weighted by Crippen LogP contribution is 2.39. The first-order valence-corrected chi connectivity index (χ1v) is 8.54. The van der Waals surface area contributed by atoms with Gasteiger partial charge in [-0.25, -0.2) is 0 Å². The van der Waals surface area contributed by atoms with Crippen molar-refractivity contribution >= 4 is 34.0 Å². The second-order valence-corrected chi connectivity index (χ2v) is 7.36. The maximum absolute atomic E-state index is 11.4. The van der Waals surface area contributed by atoms with Gasteiger partial charge >= 0.3 is 0 Å². The highest BCUT2D eigenvalue weighted by Gasteiger charge is 2.24. The van der Waals surface area contributed by atoms with E-state index in [9.17, 15) is 4.21 Å². The maximum Gasteiger partial charge on any atom is 0.142 e. The molecule has 0 fully saturated rings. The van der Waals surface area contributed by atoms with Crippen molar-refractivity contribution in [3.8, 4) is 5.75 Å². The highest BCUT2D eigenvalue weighted by molar-refractivity contribution is 7.84. The van der Waals surface area contributed by atoms with E-state index in [2.05, 4.69) is 5.32 Å². The van der Waals surface area contributed by atoms with Gasteiger partial charge in [0.2, 0.25) is 0 Å². The van der Waals surface area contributed by atoms with Crippen molar-refractivity contribution in [3.05, 3.63) is 27.7 Å². The van der Waals surface area contributed by atoms with Crippen molar-refractivity contribution in [1.82, 2.24) is 5.32 Å². The van der Waals surface area contributed by atoms with Crippen LogP contribution in [0, 0.1) is 0 Å². The molecule has 19 heavy (non-hydrogen) atoms. The van der Waals surface area contributed by atoms with Crippen LogP contribution in [0.3, 0.4) is 0 Å². The Hall–Kier alpha value is -0.290. The minimum Gasteiger partial charge on any atom is -0.492 e. The summed E-state index contributed by atoms with van der Waals surface area (Å²) in [5.41, 5.74) is 0.984. The largest absolute Gasteiger partial charge is 0.492 e. The topological polar surface area (TPSA) is 38.3 Å². The fourth-order valence-electron chi connectivity index (χ4n) is 2.06. The maximum atomic E-state index is 11.4. The van der Waals surface area contributed by atoms with Crippen molar-refractivity contribution in [2.24, 2.45) is 0 Å². The lowest BCUT2D eigenvalue weighted by Crippen LogP contribution is -2.33. The lowest BCUT2D eigenvalue weighted by molar-refractivity contribution is 0.253. The number of ether oxygens (including phenoxy) is 1. The second-order valence-electron chi connectivity index (χ2n) is 4.71. The lowest BCUT2D eigenvalue weighted by atomic mass is 10.0. The Morgan fingerprint density at radius 3 is 2.95 bits per heavy atom. The lowest BCUT2D eigenvalue weighted by Gasteiger charge is -2.28. The van der Waals surface area contributed by atoms with Crippen LogP contribution in [0.4, 0.5) is 0 Å². The van der Waals surface area contributed by atoms with E-state index in [-0.39, 0.29) is 11.3 Å². The van der Waals surface area contributed by atoms with Gasteiger partial charge < -0.3 is 10.1 Å². The Balaban J connectivity index is 2.16. The molecular formula is C13H17Cl2NO2S.